The van der Waals surface area contributed by atoms with Crippen LogP contribution in [0.25, 0.3) is 0 Å². The standard InChI is InChI=1S/C9H12N2OS2/c1-5-6(2)14-9(10-5)11-4-7(13)3-8(11)12/h7,13H,3-4H2,1-2H3. The SMILES string of the molecule is Cc1nc(N2CC(S)CC2=O)sc1C. The number of hydrogen-bond acceptors (Lipinski definition) is 4. The van der Waals surface area contributed by atoms with Crippen LogP contribution in [0.5, 0.6) is 0 Å². The molecule has 0 bridgehead atoms. The molecule has 1 aliphatic heterocycles. The second-order valence-electron chi connectivity index (χ2n) is 3.50. The number of anilines is 1. The van der Waals surface area contributed by atoms with E-state index in [1.54, 1.807) is 16.2 Å². The zero-order chi connectivity index (χ0) is 10.3. The van der Waals surface area contributed by atoms with Crippen molar-refractivity contribution in [2.75, 3.05) is 11.4 Å². The number of aromatic nitrogens is 1. The average molecular weight is 228 g/mol. The molecule has 2 heterocycles. The van der Waals surface area contributed by atoms with Crippen LogP contribution in [0.3, 0.4) is 0 Å². The van der Waals surface area contributed by atoms with E-state index in [1.807, 2.05) is 13.8 Å². The predicted molar refractivity (Wildman–Crippen MR) is 61.3 cm³/mol. The highest BCUT2D eigenvalue weighted by atomic mass is 32.1. The van der Waals surface area contributed by atoms with Gasteiger partial charge in [0.15, 0.2) is 5.13 Å². The summed E-state index contributed by atoms with van der Waals surface area (Å²) >= 11 is 5.89. The average Bonchev–Trinajstić information content (AvgIpc) is 2.57. The van der Waals surface area contributed by atoms with Crippen LogP contribution in [-0.4, -0.2) is 22.7 Å². The summed E-state index contributed by atoms with van der Waals surface area (Å²) in [6.45, 7) is 4.68. The van der Waals surface area contributed by atoms with Gasteiger partial charge in [-0.15, -0.1) is 11.3 Å². The van der Waals surface area contributed by atoms with Crippen LogP contribution in [0, 0.1) is 13.8 Å². The smallest absolute Gasteiger partial charge is 0.229 e. The Morgan fingerprint density at radius 3 is 2.71 bits per heavy atom. The molecule has 1 saturated heterocycles. The van der Waals surface area contributed by atoms with E-state index in [0.29, 0.717) is 13.0 Å². The van der Waals surface area contributed by atoms with Crippen LogP contribution in [0.4, 0.5) is 5.13 Å². The molecule has 0 aromatic carbocycles. The summed E-state index contributed by atoms with van der Waals surface area (Å²) in [4.78, 5) is 18.8. The topological polar surface area (TPSA) is 33.2 Å². The van der Waals surface area contributed by atoms with Crippen LogP contribution < -0.4 is 4.90 Å². The number of aryl methyl sites for hydroxylation is 2. The first-order valence-electron chi connectivity index (χ1n) is 4.50. The molecule has 76 valence electrons. The fourth-order valence-electron chi connectivity index (χ4n) is 1.44. The summed E-state index contributed by atoms with van der Waals surface area (Å²) in [7, 11) is 0. The van der Waals surface area contributed by atoms with E-state index in [1.165, 1.54) is 4.88 Å². The van der Waals surface area contributed by atoms with Crippen molar-refractivity contribution >= 4 is 35.0 Å². The second-order valence-corrected chi connectivity index (χ2v) is 5.41. The summed E-state index contributed by atoms with van der Waals surface area (Å²) in [5.41, 5.74) is 1.01. The number of hydrogen-bond donors (Lipinski definition) is 1. The molecule has 14 heavy (non-hydrogen) atoms. The number of nitrogens with zero attached hydrogens (tertiary/aromatic N) is 2. The van der Waals surface area contributed by atoms with Crippen LogP contribution in [0.1, 0.15) is 17.0 Å². The van der Waals surface area contributed by atoms with E-state index in [4.69, 9.17) is 0 Å². The van der Waals surface area contributed by atoms with E-state index in [2.05, 4.69) is 17.6 Å². The van der Waals surface area contributed by atoms with Gasteiger partial charge in [-0.3, -0.25) is 9.69 Å². The number of thiazole rings is 1. The predicted octanol–water partition coefficient (Wildman–Crippen LogP) is 1.80. The summed E-state index contributed by atoms with van der Waals surface area (Å²) in [5, 5.41) is 0.980. The summed E-state index contributed by atoms with van der Waals surface area (Å²) in [6.07, 6.45) is 0.529. The van der Waals surface area contributed by atoms with Gasteiger partial charge in [-0.25, -0.2) is 4.98 Å². The normalized spacial score (nSPS) is 22.1. The third-order valence-corrected chi connectivity index (χ3v) is 3.79. The molecule has 0 N–H and O–H groups in total. The van der Waals surface area contributed by atoms with Gasteiger partial charge in [0.25, 0.3) is 0 Å². The molecule has 0 radical (unpaired) electrons. The Kier molecular flexibility index (Phi) is 2.53. The maximum Gasteiger partial charge on any atom is 0.229 e. The highest BCUT2D eigenvalue weighted by molar-refractivity contribution is 7.81. The molecule has 0 aliphatic carbocycles. The van der Waals surface area contributed by atoms with Gasteiger partial charge >= 0.3 is 0 Å². The van der Waals surface area contributed by atoms with Crippen molar-refractivity contribution in [3.8, 4) is 0 Å². The van der Waals surface area contributed by atoms with Gasteiger partial charge in [0.05, 0.1) is 5.69 Å². The summed E-state index contributed by atoms with van der Waals surface area (Å²) < 4.78 is 0. The van der Waals surface area contributed by atoms with Crippen molar-refractivity contribution in [1.29, 1.82) is 0 Å². The molecule has 0 spiro atoms. The van der Waals surface area contributed by atoms with Crippen LogP contribution in [0.15, 0.2) is 0 Å². The molecular formula is C9H12N2OS2. The fourth-order valence-corrected chi connectivity index (χ4v) is 2.70. The Morgan fingerprint density at radius 1 is 1.57 bits per heavy atom. The first-order chi connectivity index (χ1) is 6.58. The zero-order valence-corrected chi connectivity index (χ0v) is 9.86. The molecule has 1 aromatic heterocycles. The van der Waals surface area contributed by atoms with Gasteiger partial charge in [0, 0.05) is 23.1 Å². The van der Waals surface area contributed by atoms with Crippen LogP contribution in [0.2, 0.25) is 0 Å². The lowest BCUT2D eigenvalue weighted by Crippen LogP contribution is -2.24. The van der Waals surface area contributed by atoms with E-state index in [0.717, 1.165) is 10.8 Å². The third-order valence-electron chi connectivity index (χ3n) is 2.35. The Labute approximate surface area is 92.6 Å². The Balaban J connectivity index is 2.27. The van der Waals surface area contributed by atoms with Crippen molar-refractivity contribution in [2.24, 2.45) is 0 Å². The van der Waals surface area contributed by atoms with Gasteiger partial charge in [0.2, 0.25) is 5.91 Å². The van der Waals surface area contributed by atoms with E-state index in [-0.39, 0.29) is 11.2 Å². The van der Waals surface area contributed by atoms with Gasteiger partial charge < -0.3 is 0 Å². The summed E-state index contributed by atoms with van der Waals surface area (Å²) in [6, 6.07) is 0. The van der Waals surface area contributed by atoms with E-state index in [9.17, 15) is 4.79 Å². The van der Waals surface area contributed by atoms with Crippen molar-refractivity contribution in [2.45, 2.75) is 25.5 Å². The quantitative estimate of drug-likeness (QED) is 0.743. The summed E-state index contributed by atoms with van der Waals surface area (Å²) in [5.74, 6) is 0.138. The minimum absolute atomic E-state index is 0.138. The number of rotatable bonds is 1. The van der Waals surface area contributed by atoms with Crippen molar-refractivity contribution in [3.05, 3.63) is 10.6 Å². The van der Waals surface area contributed by atoms with Gasteiger partial charge in [-0.1, -0.05) is 0 Å². The zero-order valence-electron chi connectivity index (χ0n) is 8.15. The minimum atomic E-state index is 0.138. The Hall–Kier alpha value is -0.550. The van der Waals surface area contributed by atoms with Crippen LogP contribution in [-0.2, 0) is 4.79 Å². The number of carbonyl (C=O) groups is 1. The van der Waals surface area contributed by atoms with Crippen molar-refractivity contribution in [1.82, 2.24) is 4.98 Å². The van der Waals surface area contributed by atoms with E-state index >= 15 is 0 Å². The molecule has 0 saturated carbocycles. The van der Waals surface area contributed by atoms with Crippen LogP contribution >= 0.6 is 24.0 Å². The Morgan fingerprint density at radius 2 is 2.29 bits per heavy atom. The lowest BCUT2D eigenvalue weighted by molar-refractivity contribution is -0.117. The molecule has 1 amide bonds. The molecule has 1 aromatic rings. The van der Waals surface area contributed by atoms with E-state index < -0.39 is 0 Å². The first kappa shape index (κ1) is 9.98. The maximum atomic E-state index is 11.5. The number of amides is 1. The highest BCUT2D eigenvalue weighted by Gasteiger charge is 2.30. The lowest BCUT2D eigenvalue weighted by Gasteiger charge is -2.10. The van der Waals surface area contributed by atoms with Gasteiger partial charge in [-0.2, -0.15) is 12.6 Å². The minimum Gasteiger partial charge on any atom is -0.287 e. The molecule has 5 heteroatoms. The largest absolute Gasteiger partial charge is 0.287 e. The third kappa shape index (κ3) is 1.66. The highest BCUT2D eigenvalue weighted by Crippen LogP contribution is 2.29. The number of carbonyl (C=O) groups excluding carboxylic acids is 1. The Bertz CT molecular complexity index is 355. The second kappa shape index (κ2) is 3.55. The molecule has 1 fully saturated rings. The molecule has 2 rings (SSSR count). The molecular weight excluding hydrogens is 216 g/mol. The molecule has 1 aliphatic rings. The monoisotopic (exact) mass is 228 g/mol. The fraction of sp³-hybridized carbons (Fsp3) is 0.556. The van der Waals surface area contributed by atoms with Gasteiger partial charge in [0.1, 0.15) is 0 Å². The van der Waals surface area contributed by atoms with Crippen molar-refractivity contribution < 1.29 is 4.79 Å². The first-order valence-corrected chi connectivity index (χ1v) is 5.83. The van der Waals surface area contributed by atoms with Crippen molar-refractivity contribution in [3.63, 3.8) is 0 Å². The number of thiol groups is 1. The lowest BCUT2D eigenvalue weighted by atomic mass is 10.4. The molecule has 3 nitrogen and oxygen atoms in total. The van der Waals surface area contributed by atoms with Gasteiger partial charge in [-0.05, 0) is 13.8 Å². The molecule has 1 atom stereocenters. The molecule has 1 unspecified atom stereocenters. The maximum absolute atomic E-state index is 11.5.